The van der Waals surface area contributed by atoms with Crippen molar-refractivity contribution < 1.29 is 4.79 Å². The third-order valence-corrected chi connectivity index (χ3v) is 5.57. The molecular weight excluding hydrogens is 288 g/mol. The van der Waals surface area contributed by atoms with E-state index in [9.17, 15) is 4.79 Å². The van der Waals surface area contributed by atoms with E-state index in [1.807, 2.05) is 6.07 Å². The smallest absolute Gasteiger partial charge is 0.168 e. The number of thioether (sulfide) groups is 1. The van der Waals surface area contributed by atoms with Crippen LogP contribution in [0.15, 0.2) is 39.5 Å². The Balaban J connectivity index is 1.93. The second-order valence-electron chi connectivity index (χ2n) is 4.75. The summed E-state index contributed by atoms with van der Waals surface area (Å²) in [4.78, 5) is 19.0. The highest BCUT2D eigenvalue weighted by Crippen LogP contribution is 2.43. The molecule has 0 fully saturated rings. The van der Waals surface area contributed by atoms with Gasteiger partial charge >= 0.3 is 0 Å². The molecule has 0 saturated carbocycles. The van der Waals surface area contributed by atoms with E-state index in [1.54, 1.807) is 11.3 Å². The first-order valence-corrected chi connectivity index (χ1v) is 8.24. The minimum atomic E-state index is 0.786. The zero-order valence-electron chi connectivity index (χ0n) is 10.7. The van der Waals surface area contributed by atoms with Crippen LogP contribution in [0.25, 0.3) is 15.8 Å². The number of thiophene rings is 1. The van der Waals surface area contributed by atoms with Gasteiger partial charge in [-0.1, -0.05) is 18.2 Å². The lowest BCUT2D eigenvalue weighted by molar-refractivity contribution is -0.104. The number of rotatable bonds is 2. The number of nitrogens with zero attached hydrogens (tertiary/aromatic N) is 2. The number of hydrogen-bond acceptors (Lipinski definition) is 5. The molecule has 0 aliphatic carbocycles. The topological polar surface area (TPSA) is 32.7 Å². The van der Waals surface area contributed by atoms with Gasteiger partial charge in [0.2, 0.25) is 0 Å². The molecule has 4 rings (SSSR count). The quantitative estimate of drug-likeness (QED) is 0.795. The van der Waals surface area contributed by atoms with Crippen molar-refractivity contribution in [3.8, 4) is 0 Å². The number of aldehydes is 1. The van der Waals surface area contributed by atoms with Crippen molar-refractivity contribution in [1.82, 2.24) is 4.90 Å². The van der Waals surface area contributed by atoms with E-state index in [2.05, 4.69) is 33.5 Å². The van der Waals surface area contributed by atoms with Crippen molar-refractivity contribution in [2.45, 2.75) is 6.42 Å². The molecule has 2 aliphatic heterocycles. The first-order chi connectivity index (χ1) is 9.88. The molecule has 3 heterocycles. The summed E-state index contributed by atoms with van der Waals surface area (Å²) in [6.07, 6.45) is 2.01. The SMILES string of the molecule is O=CC1=C(c2csc3ccccc23)N2CCCN=C2S1. The van der Waals surface area contributed by atoms with Crippen LogP contribution < -0.4 is 0 Å². The molecule has 2 aromatic rings. The average molecular weight is 300 g/mol. The van der Waals surface area contributed by atoms with E-state index in [-0.39, 0.29) is 0 Å². The fourth-order valence-corrected chi connectivity index (χ4v) is 4.63. The lowest BCUT2D eigenvalue weighted by Crippen LogP contribution is -2.28. The second kappa shape index (κ2) is 4.75. The van der Waals surface area contributed by atoms with Crippen molar-refractivity contribution >= 4 is 50.3 Å². The van der Waals surface area contributed by atoms with Gasteiger partial charge in [0, 0.05) is 34.1 Å². The lowest BCUT2D eigenvalue weighted by Gasteiger charge is -2.25. The molecule has 0 amide bonds. The minimum absolute atomic E-state index is 0.786. The number of hydrogen-bond donors (Lipinski definition) is 0. The third-order valence-electron chi connectivity index (χ3n) is 3.57. The van der Waals surface area contributed by atoms with Gasteiger partial charge in [-0.2, -0.15) is 0 Å². The van der Waals surface area contributed by atoms with E-state index in [1.165, 1.54) is 21.8 Å². The Kier molecular flexibility index (Phi) is 2.89. The Labute approximate surface area is 125 Å². The van der Waals surface area contributed by atoms with Crippen molar-refractivity contribution in [3.05, 3.63) is 40.1 Å². The van der Waals surface area contributed by atoms with Gasteiger partial charge in [-0.15, -0.1) is 11.3 Å². The van der Waals surface area contributed by atoms with Gasteiger partial charge in [0.25, 0.3) is 0 Å². The zero-order chi connectivity index (χ0) is 13.5. The Morgan fingerprint density at radius 1 is 1.30 bits per heavy atom. The van der Waals surface area contributed by atoms with Crippen LogP contribution in [0.1, 0.15) is 12.0 Å². The van der Waals surface area contributed by atoms with E-state index in [0.717, 1.165) is 47.1 Å². The number of carbonyl (C=O) groups excluding carboxylic acids is 1. The van der Waals surface area contributed by atoms with Crippen molar-refractivity contribution in [2.24, 2.45) is 4.99 Å². The summed E-state index contributed by atoms with van der Waals surface area (Å²) >= 11 is 3.23. The summed E-state index contributed by atoms with van der Waals surface area (Å²) in [7, 11) is 0. The molecule has 0 saturated heterocycles. The maximum Gasteiger partial charge on any atom is 0.168 e. The lowest BCUT2D eigenvalue weighted by atomic mass is 10.1. The van der Waals surface area contributed by atoms with E-state index < -0.39 is 0 Å². The summed E-state index contributed by atoms with van der Waals surface area (Å²) in [5.41, 5.74) is 2.20. The summed E-state index contributed by atoms with van der Waals surface area (Å²) in [5.74, 6) is 0. The number of fused-ring (bicyclic) bond motifs is 2. The molecule has 1 aromatic heterocycles. The maximum atomic E-state index is 11.4. The van der Waals surface area contributed by atoms with Crippen LogP contribution in [0.4, 0.5) is 0 Å². The number of benzene rings is 1. The van der Waals surface area contributed by atoms with Crippen LogP contribution in [-0.2, 0) is 4.79 Å². The Hall–Kier alpha value is -1.59. The van der Waals surface area contributed by atoms with Crippen molar-refractivity contribution in [2.75, 3.05) is 13.1 Å². The number of allylic oxidation sites excluding steroid dienone is 1. The van der Waals surface area contributed by atoms with E-state index in [0.29, 0.717) is 0 Å². The van der Waals surface area contributed by atoms with Crippen LogP contribution in [0.2, 0.25) is 0 Å². The van der Waals surface area contributed by atoms with Gasteiger partial charge < -0.3 is 4.90 Å². The normalized spacial score (nSPS) is 18.4. The summed E-state index contributed by atoms with van der Waals surface area (Å²) in [6, 6.07) is 8.35. The predicted molar refractivity (Wildman–Crippen MR) is 86.0 cm³/mol. The van der Waals surface area contributed by atoms with Crippen LogP contribution >= 0.6 is 23.1 Å². The second-order valence-corrected chi connectivity index (χ2v) is 6.67. The van der Waals surface area contributed by atoms with Crippen LogP contribution in [-0.4, -0.2) is 29.4 Å². The zero-order valence-corrected chi connectivity index (χ0v) is 12.3. The summed E-state index contributed by atoms with van der Waals surface area (Å²) in [6.45, 7) is 1.81. The molecule has 20 heavy (non-hydrogen) atoms. The van der Waals surface area contributed by atoms with E-state index >= 15 is 0 Å². The molecule has 3 nitrogen and oxygen atoms in total. The standard InChI is InChI=1S/C15H12N2OS2/c18-8-13-14(17-7-3-6-16-15(17)20-13)11-9-19-12-5-2-1-4-10(11)12/h1-2,4-5,8-9H,3,6-7H2. The maximum absolute atomic E-state index is 11.4. The molecular formula is C15H12N2OS2. The molecule has 0 spiro atoms. The average Bonchev–Trinajstić information content (AvgIpc) is 3.07. The molecule has 2 aliphatic rings. The number of amidine groups is 1. The summed E-state index contributed by atoms with van der Waals surface area (Å²) in [5, 5.41) is 4.35. The van der Waals surface area contributed by atoms with Gasteiger partial charge in [-0.3, -0.25) is 9.79 Å². The molecule has 0 atom stereocenters. The third kappa shape index (κ3) is 1.73. The van der Waals surface area contributed by atoms with Crippen molar-refractivity contribution in [3.63, 3.8) is 0 Å². The van der Waals surface area contributed by atoms with Gasteiger partial charge in [0.15, 0.2) is 11.5 Å². The van der Waals surface area contributed by atoms with Crippen molar-refractivity contribution in [1.29, 1.82) is 0 Å². The van der Waals surface area contributed by atoms with Crippen LogP contribution in [0.3, 0.4) is 0 Å². The van der Waals surface area contributed by atoms with Gasteiger partial charge in [-0.25, -0.2) is 0 Å². The molecule has 0 N–H and O–H groups in total. The van der Waals surface area contributed by atoms with Gasteiger partial charge in [-0.05, 0) is 24.2 Å². The predicted octanol–water partition coefficient (Wildman–Crippen LogP) is 3.58. The highest BCUT2D eigenvalue weighted by Gasteiger charge is 2.32. The summed E-state index contributed by atoms with van der Waals surface area (Å²) < 4.78 is 1.26. The fourth-order valence-electron chi connectivity index (χ4n) is 2.68. The van der Waals surface area contributed by atoms with Gasteiger partial charge in [0.1, 0.15) is 0 Å². The molecule has 5 heteroatoms. The minimum Gasteiger partial charge on any atom is -0.319 e. The molecule has 1 aromatic carbocycles. The molecule has 0 unspecified atom stereocenters. The Morgan fingerprint density at radius 3 is 3.10 bits per heavy atom. The highest BCUT2D eigenvalue weighted by atomic mass is 32.2. The largest absolute Gasteiger partial charge is 0.319 e. The molecule has 0 bridgehead atoms. The number of aliphatic imine (C=N–C) groups is 1. The molecule has 0 radical (unpaired) electrons. The molecule has 100 valence electrons. The van der Waals surface area contributed by atoms with Gasteiger partial charge in [0.05, 0.1) is 10.6 Å². The Morgan fingerprint density at radius 2 is 2.20 bits per heavy atom. The number of carbonyl (C=O) groups is 1. The monoisotopic (exact) mass is 300 g/mol. The Bertz CT molecular complexity index is 760. The first-order valence-electron chi connectivity index (χ1n) is 6.54. The van der Waals surface area contributed by atoms with Crippen LogP contribution in [0.5, 0.6) is 0 Å². The fraction of sp³-hybridized carbons (Fsp3) is 0.200. The first kappa shape index (κ1) is 12.2. The highest BCUT2D eigenvalue weighted by molar-refractivity contribution is 8.18. The van der Waals surface area contributed by atoms with E-state index in [4.69, 9.17) is 0 Å². The van der Waals surface area contributed by atoms with Crippen LogP contribution in [0, 0.1) is 0 Å².